The molecule has 2 heterocycles. The summed E-state index contributed by atoms with van der Waals surface area (Å²) in [6.45, 7) is 2.54. The van der Waals surface area contributed by atoms with E-state index in [2.05, 4.69) is 0 Å². The lowest BCUT2D eigenvalue weighted by Crippen LogP contribution is -2.50. The van der Waals surface area contributed by atoms with Gasteiger partial charge in [-0.1, -0.05) is 35.9 Å². The maximum Gasteiger partial charge on any atom is 0.243 e. The van der Waals surface area contributed by atoms with E-state index in [0.717, 1.165) is 11.1 Å². The molecule has 0 N–H and O–H groups in total. The maximum atomic E-state index is 12.8. The predicted octanol–water partition coefficient (Wildman–Crippen LogP) is 2.45. The molecule has 6 nitrogen and oxygen atoms in total. The molecule has 1 fully saturated rings. The number of amides is 1. The van der Waals surface area contributed by atoms with E-state index >= 15 is 0 Å². The van der Waals surface area contributed by atoms with Crippen LogP contribution in [0.3, 0.4) is 0 Å². The summed E-state index contributed by atoms with van der Waals surface area (Å²) < 4.78 is 32.4. The van der Waals surface area contributed by atoms with E-state index in [4.69, 9.17) is 16.3 Å². The van der Waals surface area contributed by atoms with Crippen LogP contribution < -0.4 is 0 Å². The smallest absolute Gasteiger partial charge is 0.243 e. The Labute approximate surface area is 169 Å². The molecule has 0 atom stereocenters. The van der Waals surface area contributed by atoms with E-state index in [9.17, 15) is 13.2 Å². The summed E-state index contributed by atoms with van der Waals surface area (Å²) in [5, 5.41) is 0.384. The Hall–Kier alpha value is -1.93. The average Bonchev–Trinajstić information content (AvgIpc) is 3.16. The fraction of sp³-hybridized carbons (Fsp3) is 0.350. The molecule has 2 aliphatic heterocycles. The van der Waals surface area contributed by atoms with Gasteiger partial charge in [-0.3, -0.25) is 4.79 Å². The Kier molecular flexibility index (Phi) is 5.42. The largest absolute Gasteiger partial charge is 0.372 e. The summed E-state index contributed by atoms with van der Waals surface area (Å²) >= 11 is 5.92. The number of rotatable bonds is 4. The van der Waals surface area contributed by atoms with Crippen LogP contribution in [-0.4, -0.2) is 49.7 Å². The van der Waals surface area contributed by atoms with Crippen molar-refractivity contribution in [1.82, 2.24) is 9.21 Å². The normalized spacial score (nSPS) is 17.5. The lowest BCUT2D eigenvalue weighted by atomic mass is 10.0. The van der Waals surface area contributed by atoms with Crippen LogP contribution in [0.1, 0.15) is 16.7 Å². The van der Waals surface area contributed by atoms with Gasteiger partial charge in [-0.2, -0.15) is 4.31 Å². The van der Waals surface area contributed by atoms with Gasteiger partial charge in [0.2, 0.25) is 15.9 Å². The number of benzene rings is 2. The minimum absolute atomic E-state index is 0.0127. The van der Waals surface area contributed by atoms with Gasteiger partial charge in [-0.05, 0) is 34.9 Å². The lowest BCUT2D eigenvalue weighted by molar-refractivity contribution is -0.131. The highest BCUT2D eigenvalue weighted by Crippen LogP contribution is 2.23. The quantitative estimate of drug-likeness (QED) is 0.762. The van der Waals surface area contributed by atoms with Gasteiger partial charge >= 0.3 is 0 Å². The first-order valence-corrected chi connectivity index (χ1v) is 11.0. The number of carbonyl (C=O) groups excluding carboxylic acids is 1. The molecular weight excluding hydrogens is 400 g/mol. The molecule has 0 bridgehead atoms. The fourth-order valence-corrected chi connectivity index (χ4v) is 5.30. The standard InChI is InChI=1S/C20H21ClN2O4S/c21-18-2-1-3-19(12-18)28(25,26)23-8-6-22(7-9-23)20(24)11-15-4-5-16-13-27-14-17(16)10-15/h1-5,10,12H,6-9,11,13-14H2. The summed E-state index contributed by atoms with van der Waals surface area (Å²) in [4.78, 5) is 14.6. The topological polar surface area (TPSA) is 66.9 Å². The second-order valence-corrected chi connectivity index (χ2v) is 9.39. The molecule has 0 unspecified atom stereocenters. The van der Waals surface area contributed by atoms with E-state index in [1.54, 1.807) is 17.0 Å². The Morgan fingerprint density at radius 1 is 1.00 bits per heavy atom. The van der Waals surface area contributed by atoms with Crippen molar-refractivity contribution in [3.05, 3.63) is 64.2 Å². The minimum Gasteiger partial charge on any atom is -0.372 e. The van der Waals surface area contributed by atoms with Crippen LogP contribution in [0.2, 0.25) is 5.02 Å². The molecule has 1 amide bonds. The number of ether oxygens (including phenoxy) is 1. The number of nitrogens with zero attached hydrogens (tertiary/aromatic N) is 2. The van der Waals surface area contributed by atoms with Crippen LogP contribution in [0.15, 0.2) is 47.4 Å². The molecule has 0 radical (unpaired) electrons. The zero-order valence-electron chi connectivity index (χ0n) is 15.3. The first-order valence-electron chi connectivity index (χ1n) is 9.15. The summed E-state index contributed by atoms with van der Waals surface area (Å²) in [6.07, 6.45) is 0.314. The minimum atomic E-state index is -3.60. The molecule has 8 heteroatoms. The third-order valence-electron chi connectivity index (χ3n) is 5.17. The van der Waals surface area contributed by atoms with E-state index < -0.39 is 10.0 Å². The third kappa shape index (κ3) is 3.93. The molecule has 0 aliphatic carbocycles. The number of sulfonamides is 1. The van der Waals surface area contributed by atoms with Crippen molar-refractivity contribution in [2.24, 2.45) is 0 Å². The third-order valence-corrected chi connectivity index (χ3v) is 7.30. The van der Waals surface area contributed by atoms with Crippen molar-refractivity contribution in [1.29, 1.82) is 0 Å². The van der Waals surface area contributed by atoms with Crippen LogP contribution in [0.5, 0.6) is 0 Å². The average molecular weight is 421 g/mol. The first kappa shape index (κ1) is 19.4. The maximum absolute atomic E-state index is 12.8. The zero-order valence-corrected chi connectivity index (χ0v) is 16.9. The molecule has 1 saturated heterocycles. The molecular formula is C20H21ClN2O4S. The summed E-state index contributed by atoms with van der Waals surface area (Å²) in [5.74, 6) is 0.0127. The van der Waals surface area contributed by atoms with Gasteiger partial charge in [-0.15, -0.1) is 0 Å². The Balaban J connectivity index is 1.38. The monoisotopic (exact) mass is 420 g/mol. The van der Waals surface area contributed by atoms with Crippen molar-refractivity contribution >= 4 is 27.5 Å². The second kappa shape index (κ2) is 7.83. The van der Waals surface area contributed by atoms with Crippen LogP contribution >= 0.6 is 11.6 Å². The van der Waals surface area contributed by atoms with E-state index in [1.807, 2.05) is 18.2 Å². The Bertz CT molecular complexity index is 1000. The van der Waals surface area contributed by atoms with Crippen LogP contribution in [0.25, 0.3) is 0 Å². The van der Waals surface area contributed by atoms with E-state index in [1.165, 1.54) is 22.0 Å². The molecule has 28 heavy (non-hydrogen) atoms. The molecule has 2 aromatic carbocycles. The SMILES string of the molecule is O=C(Cc1ccc2c(c1)COC2)N1CCN(S(=O)(=O)c2cccc(Cl)c2)CC1. The molecule has 2 aliphatic rings. The molecule has 0 spiro atoms. The number of fused-ring (bicyclic) bond motifs is 1. The van der Waals surface area contributed by atoms with Crippen LogP contribution in [-0.2, 0) is 39.2 Å². The van der Waals surface area contributed by atoms with Gasteiger partial charge < -0.3 is 9.64 Å². The Morgan fingerprint density at radius 3 is 2.50 bits per heavy atom. The van der Waals surface area contributed by atoms with E-state index in [-0.39, 0.29) is 23.9 Å². The van der Waals surface area contributed by atoms with E-state index in [0.29, 0.717) is 37.7 Å². The zero-order chi connectivity index (χ0) is 19.7. The summed E-state index contributed by atoms with van der Waals surface area (Å²) in [5.41, 5.74) is 3.28. The van der Waals surface area contributed by atoms with Gasteiger partial charge in [0.25, 0.3) is 0 Å². The highest BCUT2D eigenvalue weighted by atomic mass is 35.5. The molecule has 148 valence electrons. The number of halogens is 1. The first-order chi connectivity index (χ1) is 13.4. The number of carbonyl (C=O) groups is 1. The van der Waals surface area contributed by atoms with Crippen molar-refractivity contribution in [3.8, 4) is 0 Å². The van der Waals surface area contributed by atoms with Crippen LogP contribution in [0.4, 0.5) is 0 Å². The molecule has 0 saturated carbocycles. The fourth-order valence-electron chi connectivity index (χ4n) is 3.58. The van der Waals surface area contributed by atoms with Gasteiger partial charge in [0.05, 0.1) is 24.5 Å². The second-order valence-electron chi connectivity index (χ2n) is 7.01. The van der Waals surface area contributed by atoms with Gasteiger partial charge in [-0.25, -0.2) is 8.42 Å². The highest BCUT2D eigenvalue weighted by molar-refractivity contribution is 7.89. The van der Waals surface area contributed by atoms with Gasteiger partial charge in [0, 0.05) is 31.2 Å². The van der Waals surface area contributed by atoms with Crippen LogP contribution in [0, 0.1) is 0 Å². The summed E-state index contributed by atoms with van der Waals surface area (Å²) in [6, 6.07) is 12.3. The molecule has 4 rings (SSSR count). The molecule has 2 aromatic rings. The van der Waals surface area contributed by atoms with Gasteiger partial charge in [0.15, 0.2) is 0 Å². The van der Waals surface area contributed by atoms with Crippen molar-refractivity contribution < 1.29 is 17.9 Å². The predicted molar refractivity (Wildman–Crippen MR) is 105 cm³/mol. The Morgan fingerprint density at radius 2 is 1.75 bits per heavy atom. The lowest BCUT2D eigenvalue weighted by Gasteiger charge is -2.34. The molecule has 0 aromatic heterocycles. The van der Waals surface area contributed by atoms with Crippen molar-refractivity contribution in [2.75, 3.05) is 26.2 Å². The summed E-state index contributed by atoms with van der Waals surface area (Å²) in [7, 11) is -3.60. The number of piperazine rings is 1. The van der Waals surface area contributed by atoms with Crippen molar-refractivity contribution in [2.45, 2.75) is 24.5 Å². The number of hydrogen-bond donors (Lipinski definition) is 0. The highest BCUT2D eigenvalue weighted by Gasteiger charge is 2.30. The van der Waals surface area contributed by atoms with Crippen molar-refractivity contribution in [3.63, 3.8) is 0 Å². The number of hydrogen-bond acceptors (Lipinski definition) is 4. The van der Waals surface area contributed by atoms with Gasteiger partial charge in [0.1, 0.15) is 0 Å².